The van der Waals surface area contributed by atoms with Crippen molar-refractivity contribution < 1.29 is 13.2 Å². The van der Waals surface area contributed by atoms with Crippen LogP contribution in [0.4, 0.5) is 19.0 Å². The highest BCUT2D eigenvalue weighted by Gasteiger charge is 2.36. The predicted octanol–water partition coefficient (Wildman–Crippen LogP) is 3.57. The number of pyridine rings is 1. The SMILES string of the molecule is CNc1cc(C)c(C(F)(F)F)c(C(C)C)n1. The number of nitrogens with one attached hydrogen (secondary N) is 1. The maximum absolute atomic E-state index is 12.8. The Morgan fingerprint density at radius 1 is 1.31 bits per heavy atom. The highest BCUT2D eigenvalue weighted by Crippen LogP contribution is 2.37. The number of alkyl halides is 3. The van der Waals surface area contributed by atoms with E-state index in [4.69, 9.17) is 0 Å². The van der Waals surface area contributed by atoms with Crippen LogP contribution in [-0.4, -0.2) is 12.0 Å². The summed E-state index contributed by atoms with van der Waals surface area (Å²) in [7, 11) is 1.64. The molecule has 0 atom stereocenters. The van der Waals surface area contributed by atoms with Gasteiger partial charge in [-0.05, 0) is 24.5 Å². The zero-order valence-corrected chi connectivity index (χ0v) is 9.74. The molecule has 5 heteroatoms. The van der Waals surface area contributed by atoms with E-state index in [-0.39, 0.29) is 17.2 Å². The monoisotopic (exact) mass is 232 g/mol. The molecule has 1 aromatic heterocycles. The number of hydrogen-bond donors (Lipinski definition) is 1. The first-order valence-corrected chi connectivity index (χ1v) is 5.03. The Kier molecular flexibility index (Phi) is 3.45. The molecule has 0 spiro atoms. The minimum absolute atomic E-state index is 0.0943. The minimum Gasteiger partial charge on any atom is -0.373 e. The van der Waals surface area contributed by atoms with Gasteiger partial charge in [0, 0.05) is 7.05 Å². The van der Waals surface area contributed by atoms with E-state index in [1.165, 1.54) is 13.0 Å². The maximum atomic E-state index is 12.8. The third-order valence-electron chi connectivity index (χ3n) is 2.33. The fourth-order valence-corrected chi connectivity index (χ4v) is 1.61. The van der Waals surface area contributed by atoms with E-state index in [2.05, 4.69) is 10.3 Å². The van der Waals surface area contributed by atoms with Gasteiger partial charge in [0.25, 0.3) is 0 Å². The Morgan fingerprint density at radius 3 is 2.25 bits per heavy atom. The van der Waals surface area contributed by atoms with Gasteiger partial charge < -0.3 is 5.32 Å². The van der Waals surface area contributed by atoms with Gasteiger partial charge >= 0.3 is 6.18 Å². The van der Waals surface area contributed by atoms with Crippen molar-refractivity contribution in [3.8, 4) is 0 Å². The van der Waals surface area contributed by atoms with Crippen molar-refractivity contribution >= 4 is 5.82 Å². The molecule has 1 rings (SSSR count). The molecule has 0 aliphatic heterocycles. The van der Waals surface area contributed by atoms with Crippen molar-refractivity contribution in [2.75, 3.05) is 12.4 Å². The van der Waals surface area contributed by atoms with Gasteiger partial charge in [-0.2, -0.15) is 13.2 Å². The lowest BCUT2D eigenvalue weighted by atomic mass is 9.99. The zero-order chi connectivity index (χ0) is 12.5. The molecule has 0 amide bonds. The topological polar surface area (TPSA) is 24.9 Å². The summed E-state index contributed by atoms with van der Waals surface area (Å²) in [5, 5.41) is 2.76. The number of anilines is 1. The van der Waals surface area contributed by atoms with Crippen molar-refractivity contribution in [2.45, 2.75) is 32.9 Å². The third kappa shape index (κ3) is 2.46. The number of aromatic nitrogens is 1. The largest absolute Gasteiger partial charge is 0.418 e. The molecule has 0 bridgehead atoms. The number of halogens is 3. The van der Waals surface area contributed by atoms with Gasteiger partial charge in [0.05, 0.1) is 11.3 Å². The first-order valence-electron chi connectivity index (χ1n) is 5.03. The second-order valence-electron chi connectivity index (χ2n) is 3.99. The molecular formula is C11H15F3N2. The van der Waals surface area contributed by atoms with Gasteiger partial charge in [-0.1, -0.05) is 13.8 Å². The molecule has 0 unspecified atom stereocenters. The molecule has 1 heterocycles. The van der Waals surface area contributed by atoms with Crippen LogP contribution < -0.4 is 5.32 Å². The molecule has 1 aromatic rings. The average Bonchev–Trinajstić information content (AvgIpc) is 2.14. The normalized spacial score (nSPS) is 12.0. The second kappa shape index (κ2) is 4.31. The molecule has 0 fully saturated rings. The van der Waals surface area contributed by atoms with Crippen LogP contribution in [0.1, 0.15) is 36.6 Å². The lowest BCUT2D eigenvalue weighted by molar-refractivity contribution is -0.139. The van der Waals surface area contributed by atoms with Crippen LogP contribution in [0, 0.1) is 6.92 Å². The van der Waals surface area contributed by atoms with E-state index in [1.807, 2.05) is 0 Å². The smallest absolute Gasteiger partial charge is 0.373 e. The molecule has 0 saturated carbocycles. The molecule has 16 heavy (non-hydrogen) atoms. The summed E-state index contributed by atoms with van der Waals surface area (Å²) in [6, 6.07) is 1.41. The molecular weight excluding hydrogens is 217 g/mol. The van der Waals surface area contributed by atoms with E-state index < -0.39 is 11.7 Å². The van der Waals surface area contributed by atoms with Crippen LogP contribution in [0.2, 0.25) is 0 Å². The molecule has 1 N–H and O–H groups in total. The van der Waals surface area contributed by atoms with E-state index in [1.54, 1.807) is 20.9 Å². The first kappa shape index (κ1) is 12.8. The summed E-state index contributed by atoms with van der Waals surface area (Å²) in [6.45, 7) is 4.87. The average molecular weight is 232 g/mol. The molecule has 0 saturated heterocycles. The van der Waals surface area contributed by atoms with Gasteiger partial charge in [-0.15, -0.1) is 0 Å². The lowest BCUT2D eigenvalue weighted by Gasteiger charge is -2.18. The van der Waals surface area contributed by atoms with Gasteiger partial charge in [0.2, 0.25) is 0 Å². The van der Waals surface area contributed by atoms with Crippen LogP contribution in [-0.2, 0) is 6.18 Å². The summed E-state index contributed by atoms with van der Waals surface area (Å²) in [5.74, 6) is 0.206. The number of aryl methyl sites for hydroxylation is 1. The van der Waals surface area contributed by atoms with Crippen LogP contribution in [0.25, 0.3) is 0 Å². The minimum atomic E-state index is -4.34. The fraction of sp³-hybridized carbons (Fsp3) is 0.545. The highest BCUT2D eigenvalue weighted by atomic mass is 19.4. The van der Waals surface area contributed by atoms with Crippen LogP contribution in [0.15, 0.2) is 6.07 Å². The summed E-state index contributed by atoms with van der Waals surface area (Å²) < 4.78 is 38.5. The van der Waals surface area contributed by atoms with Gasteiger partial charge in [0.15, 0.2) is 0 Å². The number of nitrogens with zero attached hydrogens (tertiary/aromatic N) is 1. The zero-order valence-electron chi connectivity index (χ0n) is 9.74. The Morgan fingerprint density at radius 2 is 1.88 bits per heavy atom. The quantitative estimate of drug-likeness (QED) is 0.843. The molecule has 0 aromatic carbocycles. The van der Waals surface area contributed by atoms with Gasteiger partial charge in [-0.3, -0.25) is 0 Å². The molecule has 2 nitrogen and oxygen atoms in total. The van der Waals surface area contributed by atoms with E-state index >= 15 is 0 Å². The number of rotatable bonds is 2. The van der Waals surface area contributed by atoms with Crippen molar-refractivity contribution in [1.29, 1.82) is 0 Å². The lowest BCUT2D eigenvalue weighted by Crippen LogP contribution is -2.15. The standard InChI is InChI=1S/C11H15F3N2/c1-6(2)10-9(11(12,13)14)7(3)5-8(15-4)16-10/h5-6H,1-4H3,(H,15,16). The molecule has 0 aliphatic rings. The Hall–Kier alpha value is -1.26. The summed E-state index contributed by atoms with van der Waals surface area (Å²) in [4.78, 5) is 3.99. The number of hydrogen-bond acceptors (Lipinski definition) is 2. The van der Waals surface area contributed by atoms with E-state index in [9.17, 15) is 13.2 Å². The summed E-state index contributed by atoms with van der Waals surface area (Å²) in [6.07, 6.45) is -4.34. The van der Waals surface area contributed by atoms with Gasteiger partial charge in [0.1, 0.15) is 5.82 Å². The van der Waals surface area contributed by atoms with Crippen LogP contribution in [0.3, 0.4) is 0 Å². The third-order valence-corrected chi connectivity index (χ3v) is 2.33. The Labute approximate surface area is 92.9 Å². The predicted molar refractivity (Wildman–Crippen MR) is 57.6 cm³/mol. The van der Waals surface area contributed by atoms with Crippen molar-refractivity contribution in [2.24, 2.45) is 0 Å². The Balaban J connectivity index is 3.46. The van der Waals surface area contributed by atoms with Crippen LogP contribution >= 0.6 is 0 Å². The highest BCUT2D eigenvalue weighted by molar-refractivity contribution is 5.45. The summed E-state index contributed by atoms with van der Waals surface area (Å²) >= 11 is 0. The van der Waals surface area contributed by atoms with E-state index in [0.29, 0.717) is 5.82 Å². The molecule has 0 aliphatic carbocycles. The first-order chi connectivity index (χ1) is 7.27. The maximum Gasteiger partial charge on any atom is 0.418 e. The van der Waals surface area contributed by atoms with E-state index in [0.717, 1.165) is 0 Å². The fourth-order valence-electron chi connectivity index (χ4n) is 1.61. The molecule has 90 valence electrons. The summed E-state index contributed by atoms with van der Waals surface area (Å²) in [5.41, 5.74) is -0.311. The van der Waals surface area contributed by atoms with Crippen molar-refractivity contribution in [3.63, 3.8) is 0 Å². The van der Waals surface area contributed by atoms with Crippen molar-refractivity contribution in [3.05, 3.63) is 22.9 Å². The van der Waals surface area contributed by atoms with Crippen molar-refractivity contribution in [1.82, 2.24) is 4.98 Å². The van der Waals surface area contributed by atoms with Crippen LogP contribution in [0.5, 0.6) is 0 Å². The van der Waals surface area contributed by atoms with Gasteiger partial charge in [-0.25, -0.2) is 4.98 Å². The second-order valence-corrected chi connectivity index (χ2v) is 3.99. The Bertz CT molecular complexity index is 384. The molecule has 0 radical (unpaired) electrons.